The summed E-state index contributed by atoms with van der Waals surface area (Å²) in [4.78, 5) is 36.9. The lowest BCUT2D eigenvalue weighted by Crippen LogP contribution is -2.37. The topological polar surface area (TPSA) is 84.9 Å². The molecule has 0 radical (unpaired) electrons. The second kappa shape index (κ2) is 7.55. The molecule has 0 bridgehead atoms. The minimum atomic E-state index is -0.566. The third-order valence-electron chi connectivity index (χ3n) is 3.62. The number of nitrogens with zero attached hydrogens (tertiary/aromatic N) is 1. The van der Waals surface area contributed by atoms with E-state index in [1.807, 2.05) is 6.07 Å². The average molecular weight is 348 g/mol. The van der Waals surface area contributed by atoms with Crippen molar-refractivity contribution in [2.24, 2.45) is 0 Å². The van der Waals surface area contributed by atoms with E-state index in [4.69, 9.17) is 9.47 Å². The minimum Gasteiger partial charge on any atom is -0.444 e. The zero-order valence-corrected chi connectivity index (χ0v) is 15.0. The highest BCUT2D eigenvalue weighted by atomic mass is 16.6. The van der Waals surface area contributed by atoms with Crippen LogP contribution in [0.3, 0.4) is 0 Å². The molecule has 0 unspecified atom stereocenters. The molecule has 1 aromatic rings. The lowest BCUT2D eigenvalue weighted by Gasteiger charge is -2.23. The predicted molar refractivity (Wildman–Crippen MR) is 90.7 cm³/mol. The normalized spacial score (nSPS) is 17.0. The SMILES string of the molecule is CN(C(=O)c1cccc(CNC(=O)OC(C)(C)C)c1)[C@@H]1CCC(=O)O1. The number of esters is 1. The highest BCUT2D eigenvalue weighted by Crippen LogP contribution is 2.19. The Balaban J connectivity index is 1.97. The molecule has 0 aliphatic carbocycles. The Bertz CT molecular complexity index is 666. The van der Waals surface area contributed by atoms with Crippen molar-refractivity contribution >= 4 is 18.0 Å². The highest BCUT2D eigenvalue weighted by molar-refractivity contribution is 5.94. The Kier molecular flexibility index (Phi) is 5.66. The predicted octanol–water partition coefficient (Wildman–Crippen LogP) is 2.45. The van der Waals surface area contributed by atoms with E-state index >= 15 is 0 Å². The first-order valence-corrected chi connectivity index (χ1v) is 8.18. The molecule has 1 heterocycles. The number of rotatable bonds is 4. The molecule has 2 amide bonds. The number of cyclic esters (lactones) is 1. The van der Waals surface area contributed by atoms with Crippen molar-refractivity contribution in [3.05, 3.63) is 35.4 Å². The van der Waals surface area contributed by atoms with Crippen molar-refractivity contribution in [1.82, 2.24) is 10.2 Å². The van der Waals surface area contributed by atoms with E-state index < -0.39 is 17.9 Å². The molecule has 1 aromatic carbocycles. The Labute approximate surface area is 147 Å². The maximum Gasteiger partial charge on any atom is 0.407 e. The van der Waals surface area contributed by atoms with Gasteiger partial charge in [-0.1, -0.05) is 12.1 Å². The van der Waals surface area contributed by atoms with Crippen LogP contribution in [0.5, 0.6) is 0 Å². The number of ether oxygens (including phenoxy) is 2. The zero-order valence-electron chi connectivity index (χ0n) is 15.0. The largest absolute Gasteiger partial charge is 0.444 e. The van der Waals surface area contributed by atoms with Crippen molar-refractivity contribution in [3.63, 3.8) is 0 Å². The van der Waals surface area contributed by atoms with Crippen molar-refractivity contribution in [2.75, 3.05) is 7.05 Å². The van der Waals surface area contributed by atoms with Gasteiger partial charge in [0.1, 0.15) is 5.60 Å². The van der Waals surface area contributed by atoms with Crippen LogP contribution < -0.4 is 5.32 Å². The molecule has 7 nitrogen and oxygen atoms in total. The fourth-order valence-corrected chi connectivity index (χ4v) is 2.42. The van der Waals surface area contributed by atoms with E-state index in [-0.39, 0.29) is 18.4 Å². The van der Waals surface area contributed by atoms with Crippen LogP contribution in [-0.2, 0) is 20.8 Å². The Hall–Kier alpha value is -2.57. The summed E-state index contributed by atoms with van der Waals surface area (Å²) < 4.78 is 10.3. The number of hydrogen-bond acceptors (Lipinski definition) is 5. The Morgan fingerprint density at radius 3 is 2.68 bits per heavy atom. The highest BCUT2D eigenvalue weighted by Gasteiger charge is 2.30. The van der Waals surface area contributed by atoms with E-state index in [1.54, 1.807) is 46.0 Å². The van der Waals surface area contributed by atoms with Gasteiger partial charge in [0.15, 0.2) is 6.23 Å². The lowest BCUT2D eigenvalue weighted by atomic mass is 10.1. The summed E-state index contributed by atoms with van der Waals surface area (Å²) in [5.41, 5.74) is 0.672. The van der Waals surface area contributed by atoms with Crippen LogP contribution in [0.2, 0.25) is 0 Å². The van der Waals surface area contributed by atoms with E-state index in [1.165, 1.54) is 4.90 Å². The van der Waals surface area contributed by atoms with Crippen LogP contribution in [0, 0.1) is 0 Å². The van der Waals surface area contributed by atoms with Gasteiger partial charge in [0, 0.05) is 25.6 Å². The number of hydrogen-bond donors (Lipinski definition) is 1. The van der Waals surface area contributed by atoms with Crippen molar-refractivity contribution < 1.29 is 23.9 Å². The van der Waals surface area contributed by atoms with Gasteiger partial charge in [-0.05, 0) is 38.5 Å². The first kappa shape index (κ1) is 18.8. The van der Waals surface area contributed by atoms with Crippen molar-refractivity contribution in [3.8, 4) is 0 Å². The third-order valence-corrected chi connectivity index (χ3v) is 3.62. The molecule has 1 N–H and O–H groups in total. The van der Waals surface area contributed by atoms with Gasteiger partial charge in [-0.25, -0.2) is 4.79 Å². The number of amides is 2. The van der Waals surface area contributed by atoms with Crippen molar-refractivity contribution in [2.45, 2.75) is 52.0 Å². The molecule has 0 spiro atoms. The lowest BCUT2D eigenvalue weighted by molar-refractivity contribution is -0.145. The molecule has 7 heteroatoms. The molecule has 2 rings (SSSR count). The van der Waals surface area contributed by atoms with Gasteiger partial charge in [0.25, 0.3) is 5.91 Å². The summed E-state index contributed by atoms with van der Waals surface area (Å²) in [6, 6.07) is 6.94. The minimum absolute atomic E-state index is 0.237. The molecular formula is C18H24N2O5. The van der Waals surface area contributed by atoms with Crippen LogP contribution in [0.4, 0.5) is 4.79 Å². The maximum atomic E-state index is 12.5. The molecule has 0 aromatic heterocycles. The van der Waals surface area contributed by atoms with Crippen LogP contribution in [0.15, 0.2) is 24.3 Å². The maximum absolute atomic E-state index is 12.5. The van der Waals surface area contributed by atoms with Crippen LogP contribution >= 0.6 is 0 Å². The molecule has 1 saturated heterocycles. The smallest absolute Gasteiger partial charge is 0.407 e. The van der Waals surface area contributed by atoms with Gasteiger partial charge in [0.05, 0.1) is 6.42 Å². The molecular weight excluding hydrogens is 324 g/mol. The summed E-state index contributed by atoms with van der Waals surface area (Å²) in [6.07, 6.45) is -0.217. The number of carbonyl (C=O) groups is 3. The standard InChI is InChI=1S/C18H24N2O5/c1-18(2,3)25-17(23)19-11-12-6-5-7-13(10-12)16(22)20(4)14-8-9-15(21)24-14/h5-7,10,14H,8-9,11H2,1-4H3,(H,19,23)/t14-/m0/s1. The summed E-state index contributed by atoms with van der Waals surface area (Å²) in [6.45, 7) is 5.62. The number of carbonyl (C=O) groups excluding carboxylic acids is 3. The summed E-state index contributed by atoms with van der Waals surface area (Å²) in [5.74, 6) is -0.529. The first-order valence-electron chi connectivity index (χ1n) is 8.18. The Morgan fingerprint density at radius 1 is 1.36 bits per heavy atom. The second-order valence-electron chi connectivity index (χ2n) is 6.96. The number of alkyl carbamates (subject to hydrolysis) is 1. The van der Waals surface area contributed by atoms with Crippen LogP contribution in [0.25, 0.3) is 0 Å². The summed E-state index contributed by atoms with van der Waals surface area (Å²) in [7, 11) is 1.61. The fourth-order valence-electron chi connectivity index (χ4n) is 2.42. The van der Waals surface area contributed by atoms with E-state index in [9.17, 15) is 14.4 Å². The molecule has 1 atom stereocenters. The summed E-state index contributed by atoms with van der Waals surface area (Å²) >= 11 is 0. The molecule has 0 saturated carbocycles. The summed E-state index contributed by atoms with van der Waals surface area (Å²) in [5, 5.41) is 2.66. The molecule has 136 valence electrons. The number of nitrogens with one attached hydrogen (secondary N) is 1. The van der Waals surface area contributed by atoms with Crippen molar-refractivity contribution in [1.29, 1.82) is 0 Å². The van der Waals surface area contributed by atoms with E-state index in [2.05, 4.69) is 5.32 Å². The number of benzene rings is 1. The van der Waals surface area contributed by atoms with Gasteiger partial charge in [-0.3, -0.25) is 9.59 Å². The molecule has 1 aliphatic rings. The van der Waals surface area contributed by atoms with Crippen LogP contribution in [0.1, 0.15) is 49.5 Å². The third kappa shape index (κ3) is 5.48. The van der Waals surface area contributed by atoms with E-state index in [0.29, 0.717) is 18.4 Å². The van der Waals surface area contributed by atoms with Gasteiger partial charge in [-0.15, -0.1) is 0 Å². The average Bonchev–Trinajstić information content (AvgIpc) is 2.96. The van der Waals surface area contributed by atoms with Gasteiger partial charge < -0.3 is 19.7 Å². The molecule has 1 aliphatic heterocycles. The quantitative estimate of drug-likeness (QED) is 0.845. The van der Waals surface area contributed by atoms with Crippen LogP contribution in [-0.4, -0.2) is 41.7 Å². The monoisotopic (exact) mass is 348 g/mol. The zero-order chi connectivity index (χ0) is 18.6. The second-order valence-corrected chi connectivity index (χ2v) is 6.96. The van der Waals surface area contributed by atoms with Gasteiger partial charge in [0.2, 0.25) is 0 Å². The molecule has 25 heavy (non-hydrogen) atoms. The van der Waals surface area contributed by atoms with Gasteiger partial charge >= 0.3 is 12.1 Å². The van der Waals surface area contributed by atoms with E-state index in [0.717, 1.165) is 5.56 Å². The molecule has 1 fully saturated rings. The first-order chi connectivity index (χ1) is 11.7. The Morgan fingerprint density at radius 2 is 2.08 bits per heavy atom. The fraction of sp³-hybridized carbons (Fsp3) is 0.500. The van der Waals surface area contributed by atoms with Gasteiger partial charge in [-0.2, -0.15) is 0 Å².